The van der Waals surface area contributed by atoms with Gasteiger partial charge in [0.25, 0.3) is 5.91 Å². The van der Waals surface area contributed by atoms with E-state index in [9.17, 15) is 4.79 Å². The lowest BCUT2D eigenvalue weighted by molar-refractivity contribution is 0.0954. The van der Waals surface area contributed by atoms with Gasteiger partial charge in [-0.2, -0.15) is 0 Å². The highest BCUT2D eigenvalue weighted by molar-refractivity contribution is 5.94. The van der Waals surface area contributed by atoms with Crippen LogP contribution < -0.4 is 10.6 Å². The van der Waals surface area contributed by atoms with Gasteiger partial charge >= 0.3 is 0 Å². The van der Waals surface area contributed by atoms with Crippen LogP contribution in [0.5, 0.6) is 0 Å². The van der Waals surface area contributed by atoms with Crippen LogP contribution in [0.2, 0.25) is 0 Å². The minimum absolute atomic E-state index is 0.0638. The summed E-state index contributed by atoms with van der Waals surface area (Å²) >= 11 is 0. The number of carbonyl (C=O) groups is 1. The quantitative estimate of drug-likeness (QED) is 0.774. The molecule has 0 saturated carbocycles. The summed E-state index contributed by atoms with van der Waals surface area (Å²) in [7, 11) is 0. The fourth-order valence-electron chi connectivity index (χ4n) is 1.69. The molecule has 0 radical (unpaired) electrons. The molecule has 0 atom stereocenters. The highest BCUT2D eigenvalue weighted by Gasteiger charge is 2.05. The molecule has 0 spiro atoms. The first kappa shape index (κ1) is 14.2. The van der Waals surface area contributed by atoms with E-state index in [1.54, 1.807) is 0 Å². The zero-order valence-corrected chi connectivity index (χ0v) is 11.6. The molecular weight excluding hydrogens is 256 g/mol. The standard InChI is InChI=1S/C14H18N4O2/c1-10-3-5-12(6-4-10)14(19)16-8-7-15-9-13-11(2)17-20-18-13/h3-6,15H,7-9H2,1-2H3,(H,16,19). The van der Waals surface area contributed by atoms with Gasteiger partial charge in [-0.3, -0.25) is 4.79 Å². The van der Waals surface area contributed by atoms with Gasteiger partial charge in [0.1, 0.15) is 11.4 Å². The van der Waals surface area contributed by atoms with Crippen molar-refractivity contribution in [3.63, 3.8) is 0 Å². The Kier molecular flexibility index (Phi) is 4.84. The van der Waals surface area contributed by atoms with Crippen LogP contribution in [0, 0.1) is 13.8 Å². The first-order valence-electron chi connectivity index (χ1n) is 6.50. The van der Waals surface area contributed by atoms with Gasteiger partial charge in [-0.05, 0) is 26.0 Å². The van der Waals surface area contributed by atoms with E-state index < -0.39 is 0 Å². The Morgan fingerprint density at radius 2 is 1.90 bits per heavy atom. The summed E-state index contributed by atoms with van der Waals surface area (Å²) in [5.74, 6) is -0.0638. The Hall–Kier alpha value is -2.21. The average Bonchev–Trinajstić information content (AvgIpc) is 2.84. The normalized spacial score (nSPS) is 10.5. The van der Waals surface area contributed by atoms with Crippen molar-refractivity contribution < 1.29 is 9.42 Å². The molecule has 1 aromatic carbocycles. The third kappa shape index (κ3) is 3.89. The van der Waals surface area contributed by atoms with Gasteiger partial charge in [-0.25, -0.2) is 4.63 Å². The molecule has 0 aliphatic rings. The first-order valence-corrected chi connectivity index (χ1v) is 6.50. The maximum Gasteiger partial charge on any atom is 0.251 e. The van der Waals surface area contributed by atoms with Crippen LogP contribution in [0.4, 0.5) is 0 Å². The molecule has 1 aromatic heterocycles. The summed E-state index contributed by atoms with van der Waals surface area (Å²) in [6.07, 6.45) is 0. The van der Waals surface area contributed by atoms with Crippen molar-refractivity contribution in [3.8, 4) is 0 Å². The Bertz CT molecular complexity index is 563. The van der Waals surface area contributed by atoms with E-state index in [0.29, 0.717) is 25.2 Å². The van der Waals surface area contributed by atoms with Crippen molar-refractivity contribution >= 4 is 5.91 Å². The smallest absolute Gasteiger partial charge is 0.251 e. The lowest BCUT2D eigenvalue weighted by Crippen LogP contribution is -2.31. The number of carbonyl (C=O) groups excluding carboxylic acids is 1. The maximum atomic E-state index is 11.8. The summed E-state index contributed by atoms with van der Waals surface area (Å²) in [4.78, 5) is 11.8. The molecule has 0 bridgehead atoms. The molecule has 1 heterocycles. The number of aryl methyl sites for hydroxylation is 2. The van der Waals surface area contributed by atoms with Crippen LogP contribution in [0.1, 0.15) is 27.3 Å². The lowest BCUT2D eigenvalue weighted by Gasteiger charge is -2.06. The number of hydrogen-bond donors (Lipinski definition) is 2. The molecule has 0 aliphatic carbocycles. The van der Waals surface area contributed by atoms with Crippen LogP contribution in [0.3, 0.4) is 0 Å². The lowest BCUT2D eigenvalue weighted by atomic mass is 10.1. The number of nitrogens with one attached hydrogen (secondary N) is 2. The van der Waals surface area contributed by atoms with Gasteiger partial charge in [0, 0.05) is 25.2 Å². The van der Waals surface area contributed by atoms with Crippen LogP contribution >= 0.6 is 0 Å². The van der Waals surface area contributed by atoms with Crippen LogP contribution in [0.15, 0.2) is 28.9 Å². The van der Waals surface area contributed by atoms with Gasteiger partial charge < -0.3 is 10.6 Å². The van der Waals surface area contributed by atoms with Crippen LogP contribution in [-0.2, 0) is 6.54 Å². The number of rotatable bonds is 6. The minimum Gasteiger partial charge on any atom is -0.351 e. The van der Waals surface area contributed by atoms with Gasteiger partial charge in [-0.1, -0.05) is 28.0 Å². The topological polar surface area (TPSA) is 80.0 Å². The van der Waals surface area contributed by atoms with Crippen molar-refractivity contribution in [2.24, 2.45) is 0 Å². The van der Waals surface area contributed by atoms with Crippen LogP contribution in [-0.4, -0.2) is 29.3 Å². The average molecular weight is 274 g/mol. The predicted octanol–water partition coefficient (Wildman–Crippen LogP) is 1.21. The zero-order valence-electron chi connectivity index (χ0n) is 11.6. The highest BCUT2D eigenvalue weighted by Crippen LogP contribution is 2.02. The second-order valence-corrected chi connectivity index (χ2v) is 4.60. The number of benzene rings is 1. The molecule has 1 amide bonds. The second-order valence-electron chi connectivity index (χ2n) is 4.60. The molecule has 2 rings (SSSR count). The number of nitrogens with zero attached hydrogens (tertiary/aromatic N) is 2. The van der Waals surface area contributed by atoms with E-state index in [2.05, 4.69) is 25.6 Å². The molecule has 106 valence electrons. The van der Waals surface area contributed by atoms with Crippen molar-refractivity contribution in [3.05, 3.63) is 46.8 Å². The molecule has 20 heavy (non-hydrogen) atoms. The summed E-state index contributed by atoms with van der Waals surface area (Å²) in [5.41, 5.74) is 3.38. The van der Waals surface area contributed by atoms with E-state index in [1.807, 2.05) is 38.1 Å². The maximum absolute atomic E-state index is 11.8. The summed E-state index contributed by atoms with van der Waals surface area (Å²) in [6.45, 7) is 5.62. The highest BCUT2D eigenvalue weighted by atomic mass is 16.6. The Morgan fingerprint density at radius 3 is 2.55 bits per heavy atom. The van der Waals surface area contributed by atoms with E-state index in [1.165, 1.54) is 0 Å². The molecule has 2 N–H and O–H groups in total. The predicted molar refractivity (Wildman–Crippen MR) is 74.3 cm³/mol. The third-order valence-corrected chi connectivity index (χ3v) is 2.94. The Balaban J connectivity index is 1.67. The van der Waals surface area contributed by atoms with E-state index in [-0.39, 0.29) is 5.91 Å². The Labute approximate surface area is 117 Å². The van der Waals surface area contributed by atoms with Crippen molar-refractivity contribution in [2.45, 2.75) is 20.4 Å². The SMILES string of the molecule is Cc1ccc(C(=O)NCCNCc2nonc2C)cc1. The third-order valence-electron chi connectivity index (χ3n) is 2.94. The van der Waals surface area contributed by atoms with E-state index >= 15 is 0 Å². The van der Waals surface area contributed by atoms with Gasteiger partial charge in [-0.15, -0.1) is 0 Å². The second kappa shape index (κ2) is 6.81. The zero-order chi connectivity index (χ0) is 14.4. The van der Waals surface area contributed by atoms with Gasteiger partial charge in [0.05, 0.1) is 0 Å². The molecule has 6 heteroatoms. The fraction of sp³-hybridized carbons (Fsp3) is 0.357. The monoisotopic (exact) mass is 274 g/mol. The molecule has 0 aliphatic heterocycles. The van der Waals surface area contributed by atoms with Crippen molar-refractivity contribution in [2.75, 3.05) is 13.1 Å². The largest absolute Gasteiger partial charge is 0.351 e. The number of hydrogen-bond acceptors (Lipinski definition) is 5. The van der Waals surface area contributed by atoms with Gasteiger partial charge in [0.15, 0.2) is 0 Å². The minimum atomic E-state index is -0.0638. The molecule has 0 fully saturated rings. The van der Waals surface area contributed by atoms with E-state index in [0.717, 1.165) is 17.0 Å². The van der Waals surface area contributed by atoms with Gasteiger partial charge in [0.2, 0.25) is 0 Å². The number of amides is 1. The molecular formula is C14H18N4O2. The summed E-state index contributed by atoms with van der Waals surface area (Å²) in [6, 6.07) is 7.49. The summed E-state index contributed by atoms with van der Waals surface area (Å²) < 4.78 is 4.60. The number of aromatic nitrogens is 2. The van der Waals surface area contributed by atoms with Crippen molar-refractivity contribution in [1.29, 1.82) is 0 Å². The molecule has 6 nitrogen and oxygen atoms in total. The Morgan fingerprint density at radius 1 is 1.15 bits per heavy atom. The van der Waals surface area contributed by atoms with Crippen molar-refractivity contribution in [1.82, 2.24) is 20.9 Å². The summed E-state index contributed by atoms with van der Waals surface area (Å²) in [5, 5.41) is 13.5. The molecule has 2 aromatic rings. The molecule has 0 unspecified atom stereocenters. The van der Waals surface area contributed by atoms with Crippen LogP contribution in [0.25, 0.3) is 0 Å². The molecule has 0 saturated heterocycles. The first-order chi connectivity index (χ1) is 9.66. The van der Waals surface area contributed by atoms with E-state index in [4.69, 9.17) is 0 Å². The fourth-order valence-corrected chi connectivity index (χ4v) is 1.69.